The molecule has 1 fully saturated rings. The van der Waals surface area contributed by atoms with Gasteiger partial charge in [0.15, 0.2) is 0 Å². The normalized spacial score (nSPS) is 19.8. The summed E-state index contributed by atoms with van der Waals surface area (Å²) in [4.78, 5) is 24.8. The molecule has 1 N–H and O–H groups in total. The van der Waals surface area contributed by atoms with E-state index in [1.54, 1.807) is 0 Å². The van der Waals surface area contributed by atoms with E-state index in [-0.39, 0.29) is 11.7 Å². The van der Waals surface area contributed by atoms with Gasteiger partial charge in [0, 0.05) is 11.3 Å². The van der Waals surface area contributed by atoms with Crippen LogP contribution in [0.4, 0.5) is 10.5 Å². The highest BCUT2D eigenvalue weighted by molar-refractivity contribution is 7.10. The lowest BCUT2D eigenvalue weighted by molar-refractivity contribution is -0.121. The van der Waals surface area contributed by atoms with E-state index in [2.05, 4.69) is 5.32 Å². The number of carbonyl (C=O) groups excluding carboxylic acids is 2. The molecule has 0 spiro atoms. The van der Waals surface area contributed by atoms with Crippen molar-refractivity contribution in [3.63, 3.8) is 0 Å². The van der Waals surface area contributed by atoms with Crippen LogP contribution >= 0.6 is 11.3 Å². The molecular formula is C15H21NO3S. The van der Waals surface area contributed by atoms with Gasteiger partial charge in [-0.1, -0.05) is 6.42 Å². The molecule has 1 saturated carbocycles. The zero-order valence-corrected chi connectivity index (χ0v) is 13.0. The molecule has 0 saturated heterocycles. The number of nitrogens with one attached hydrogen (secondary N) is 1. The van der Waals surface area contributed by atoms with Crippen LogP contribution in [0.1, 0.15) is 57.2 Å². The fourth-order valence-electron chi connectivity index (χ4n) is 2.37. The van der Waals surface area contributed by atoms with Crippen LogP contribution in [0.3, 0.4) is 0 Å². The summed E-state index contributed by atoms with van der Waals surface area (Å²) in [6, 6.07) is 1.84. The monoisotopic (exact) mass is 295 g/mol. The predicted octanol–water partition coefficient (Wildman–Crippen LogP) is 4.32. The number of anilines is 1. The largest absolute Gasteiger partial charge is 0.444 e. The Morgan fingerprint density at radius 1 is 1.40 bits per heavy atom. The van der Waals surface area contributed by atoms with Crippen molar-refractivity contribution in [3.8, 4) is 0 Å². The van der Waals surface area contributed by atoms with Crippen LogP contribution in [0.25, 0.3) is 0 Å². The quantitative estimate of drug-likeness (QED) is 0.884. The van der Waals surface area contributed by atoms with Crippen molar-refractivity contribution in [2.75, 3.05) is 5.32 Å². The van der Waals surface area contributed by atoms with Gasteiger partial charge in [-0.2, -0.15) is 0 Å². The molecule has 110 valence electrons. The Morgan fingerprint density at radius 2 is 2.15 bits per heavy atom. The number of Topliss-reactive ketones (excluding diaryl/α,β-unsaturated/α-hetero) is 1. The third-order valence-corrected chi connectivity index (χ3v) is 4.23. The van der Waals surface area contributed by atoms with Crippen molar-refractivity contribution in [2.24, 2.45) is 0 Å². The Hall–Kier alpha value is -1.36. The lowest BCUT2D eigenvalue weighted by Crippen LogP contribution is -2.27. The summed E-state index contributed by atoms with van der Waals surface area (Å²) in [5.41, 5.74) is 0.186. The van der Waals surface area contributed by atoms with Crippen molar-refractivity contribution < 1.29 is 14.3 Å². The van der Waals surface area contributed by atoms with E-state index in [0.717, 1.165) is 24.1 Å². The third kappa shape index (κ3) is 3.82. The van der Waals surface area contributed by atoms with Gasteiger partial charge in [-0.05, 0) is 45.1 Å². The summed E-state index contributed by atoms with van der Waals surface area (Å²) >= 11 is 1.53. The molecule has 0 aliphatic heterocycles. The summed E-state index contributed by atoms with van der Waals surface area (Å²) in [6.45, 7) is 5.48. The Labute approximate surface area is 123 Å². The van der Waals surface area contributed by atoms with Crippen molar-refractivity contribution in [1.82, 2.24) is 0 Å². The molecule has 1 aromatic rings. The number of hydrogen-bond acceptors (Lipinski definition) is 4. The van der Waals surface area contributed by atoms with Crippen molar-refractivity contribution >= 4 is 28.9 Å². The average Bonchev–Trinajstić information content (AvgIpc) is 2.75. The zero-order chi connectivity index (χ0) is 14.8. The number of carbonyl (C=O) groups is 2. The van der Waals surface area contributed by atoms with Crippen LogP contribution in [0.2, 0.25) is 0 Å². The van der Waals surface area contributed by atoms with E-state index >= 15 is 0 Å². The number of hydrogen-bond donors (Lipinski definition) is 1. The topological polar surface area (TPSA) is 55.4 Å². The van der Waals surface area contributed by atoms with Gasteiger partial charge in [0.1, 0.15) is 11.4 Å². The molecule has 0 bridgehead atoms. The van der Waals surface area contributed by atoms with E-state index in [4.69, 9.17) is 4.74 Å². The third-order valence-electron chi connectivity index (χ3n) is 3.20. The fourth-order valence-corrected chi connectivity index (χ4v) is 3.38. The molecule has 4 nitrogen and oxygen atoms in total. The van der Waals surface area contributed by atoms with Crippen LogP contribution < -0.4 is 5.32 Å². The maximum Gasteiger partial charge on any atom is 0.412 e. The van der Waals surface area contributed by atoms with Gasteiger partial charge in [0.05, 0.1) is 11.6 Å². The number of thiophene rings is 1. The Kier molecular flexibility index (Phi) is 4.48. The Balaban J connectivity index is 2.08. The highest BCUT2D eigenvalue weighted by atomic mass is 32.1. The minimum Gasteiger partial charge on any atom is -0.444 e. The summed E-state index contributed by atoms with van der Waals surface area (Å²) in [6.07, 6.45) is 3.10. The van der Waals surface area contributed by atoms with Gasteiger partial charge in [0.25, 0.3) is 0 Å². The summed E-state index contributed by atoms with van der Waals surface area (Å²) in [5, 5.41) is 4.67. The molecule has 1 aliphatic rings. The summed E-state index contributed by atoms with van der Waals surface area (Å²) in [7, 11) is 0. The maximum atomic E-state index is 12.0. The molecule has 5 heteroatoms. The minimum atomic E-state index is -0.527. The number of amides is 1. The van der Waals surface area contributed by atoms with Crippen LogP contribution in [0, 0.1) is 0 Å². The molecule has 1 amide bonds. The Bertz CT molecular complexity index is 501. The molecule has 2 rings (SSSR count). The molecule has 0 radical (unpaired) electrons. The molecule has 1 heterocycles. The van der Waals surface area contributed by atoms with E-state index in [9.17, 15) is 9.59 Å². The molecule has 0 aromatic carbocycles. The van der Waals surface area contributed by atoms with E-state index in [0.29, 0.717) is 12.1 Å². The second-order valence-corrected chi connectivity index (χ2v) is 7.04. The first kappa shape index (κ1) is 15.0. The minimum absolute atomic E-state index is 0.0614. The summed E-state index contributed by atoms with van der Waals surface area (Å²) < 4.78 is 5.25. The van der Waals surface area contributed by atoms with Gasteiger partial charge in [-0.3, -0.25) is 10.1 Å². The molecule has 1 aromatic heterocycles. The molecule has 1 unspecified atom stereocenters. The SMILES string of the molecule is CC(C)(C)OC(=O)Nc1ccsc1C1CCCCC1=O. The second-order valence-electron chi connectivity index (χ2n) is 6.09. The molecule has 20 heavy (non-hydrogen) atoms. The van der Waals surface area contributed by atoms with Crippen molar-refractivity contribution in [2.45, 2.75) is 58.0 Å². The zero-order valence-electron chi connectivity index (χ0n) is 12.2. The molecular weight excluding hydrogens is 274 g/mol. The molecule has 1 aliphatic carbocycles. The first-order valence-electron chi connectivity index (χ1n) is 6.97. The number of rotatable bonds is 2. The van der Waals surface area contributed by atoms with Crippen molar-refractivity contribution in [3.05, 3.63) is 16.3 Å². The van der Waals surface area contributed by atoms with E-state index in [1.165, 1.54) is 11.3 Å². The van der Waals surface area contributed by atoms with Gasteiger partial charge in [0.2, 0.25) is 0 Å². The standard InChI is InChI=1S/C15H21NO3S/c1-15(2,3)19-14(18)16-11-8-9-20-13(11)10-6-4-5-7-12(10)17/h8-10H,4-7H2,1-3H3,(H,16,18). The van der Waals surface area contributed by atoms with Crippen LogP contribution in [-0.4, -0.2) is 17.5 Å². The highest BCUT2D eigenvalue weighted by Crippen LogP contribution is 2.37. The van der Waals surface area contributed by atoms with Crippen molar-refractivity contribution in [1.29, 1.82) is 0 Å². The Morgan fingerprint density at radius 3 is 2.80 bits per heavy atom. The van der Waals surface area contributed by atoms with Crippen LogP contribution in [0.15, 0.2) is 11.4 Å². The maximum absolute atomic E-state index is 12.0. The predicted molar refractivity (Wildman–Crippen MR) is 80.4 cm³/mol. The molecule has 1 atom stereocenters. The summed E-state index contributed by atoms with van der Waals surface area (Å²) in [5.74, 6) is 0.222. The van der Waals surface area contributed by atoms with Gasteiger partial charge in [-0.15, -0.1) is 11.3 Å². The van der Waals surface area contributed by atoms with Crippen LogP contribution in [-0.2, 0) is 9.53 Å². The van der Waals surface area contributed by atoms with Gasteiger partial charge in [-0.25, -0.2) is 4.79 Å². The first-order valence-corrected chi connectivity index (χ1v) is 7.85. The first-order chi connectivity index (χ1) is 9.37. The lowest BCUT2D eigenvalue weighted by atomic mass is 9.86. The van der Waals surface area contributed by atoms with E-state index in [1.807, 2.05) is 32.2 Å². The van der Waals surface area contributed by atoms with Gasteiger partial charge < -0.3 is 4.74 Å². The second kappa shape index (κ2) is 5.95. The highest BCUT2D eigenvalue weighted by Gasteiger charge is 2.28. The number of ketones is 1. The average molecular weight is 295 g/mol. The fraction of sp³-hybridized carbons (Fsp3) is 0.600. The van der Waals surface area contributed by atoms with Gasteiger partial charge >= 0.3 is 6.09 Å². The lowest BCUT2D eigenvalue weighted by Gasteiger charge is -2.22. The van der Waals surface area contributed by atoms with E-state index < -0.39 is 11.7 Å². The smallest absolute Gasteiger partial charge is 0.412 e. The van der Waals surface area contributed by atoms with Crippen LogP contribution in [0.5, 0.6) is 0 Å². The number of ether oxygens (including phenoxy) is 1.